The van der Waals surface area contributed by atoms with Crippen LogP contribution in [0.2, 0.25) is 0 Å². The molecule has 24 heavy (non-hydrogen) atoms. The Morgan fingerprint density at radius 2 is 1.96 bits per heavy atom. The van der Waals surface area contributed by atoms with E-state index >= 15 is 0 Å². The van der Waals surface area contributed by atoms with E-state index in [1.165, 1.54) is 0 Å². The number of carbonyl (C=O) groups excluding carboxylic acids is 2. The monoisotopic (exact) mass is 332 g/mol. The van der Waals surface area contributed by atoms with Crippen LogP contribution in [-0.2, 0) is 14.4 Å². The van der Waals surface area contributed by atoms with Crippen LogP contribution in [0.5, 0.6) is 0 Å². The van der Waals surface area contributed by atoms with Crippen molar-refractivity contribution in [2.24, 2.45) is 11.8 Å². The molecule has 6 nitrogen and oxygen atoms in total. The molecule has 0 aliphatic carbocycles. The largest absolute Gasteiger partial charge is 0.480 e. The van der Waals surface area contributed by atoms with Crippen LogP contribution >= 0.6 is 0 Å². The summed E-state index contributed by atoms with van der Waals surface area (Å²) in [6, 6.07) is 4.79. The second kappa shape index (κ2) is 7.03. The summed E-state index contributed by atoms with van der Waals surface area (Å²) in [5.74, 6) is -2.30. The van der Waals surface area contributed by atoms with Crippen molar-refractivity contribution in [1.29, 1.82) is 0 Å². The van der Waals surface area contributed by atoms with E-state index in [0.29, 0.717) is 0 Å². The maximum atomic E-state index is 12.4. The van der Waals surface area contributed by atoms with Crippen molar-refractivity contribution in [2.45, 2.75) is 40.2 Å². The van der Waals surface area contributed by atoms with E-state index in [4.69, 9.17) is 0 Å². The van der Waals surface area contributed by atoms with Gasteiger partial charge in [-0.05, 0) is 37.0 Å². The van der Waals surface area contributed by atoms with E-state index in [-0.39, 0.29) is 30.7 Å². The number of carboxylic acids is 1. The Bertz CT molecular complexity index is 669. The summed E-state index contributed by atoms with van der Waals surface area (Å²) in [5, 5.41) is 11.8. The van der Waals surface area contributed by atoms with Crippen LogP contribution in [0.3, 0.4) is 0 Å². The Morgan fingerprint density at radius 3 is 2.54 bits per heavy atom. The second-order valence-corrected chi connectivity index (χ2v) is 6.69. The van der Waals surface area contributed by atoms with Crippen molar-refractivity contribution >= 4 is 23.5 Å². The zero-order chi connectivity index (χ0) is 18.0. The molecule has 1 aliphatic rings. The minimum absolute atomic E-state index is 0.101. The molecule has 2 N–H and O–H groups in total. The number of hydrogen-bond donors (Lipinski definition) is 2. The minimum atomic E-state index is -1.06. The molecule has 1 aromatic rings. The molecule has 2 rings (SSSR count). The molecule has 1 heterocycles. The van der Waals surface area contributed by atoms with Crippen molar-refractivity contribution in [3.63, 3.8) is 0 Å². The molecule has 6 heteroatoms. The normalized spacial score (nSPS) is 18.8. The summed E-state index contributed by atoms with van der Waals surface area (Å²) < 4.78 is 0. The minimum Gasteiger partial charge on any atom is -0.480 e. The molecule has 1 fully saturated rings. The lowest BCUT2D eigenvalue weighted by molar-refractivity contribution is -0.143. The third-order valence-corrected chi connectivity index (χ3v) is 4.59. The third-order valence-electron chi connectivity index (χ3n) is 4.59. The number of rotatable bonds is 5. The average Bonchev–Trinajstić information content (AvgIpc) is 2.88. The van der Waals surface area contributed by atoms with Crippen LogP contribution in [0.15, 0.2) is 18.2 Å². The number of nitrogens with one attached hydrogen (secondary N) is 1. The Hall–Kier alpha value is -2.37. The van der Waals surface area contributed by atoms with E-state index in [2.05, 4.69) is 5.32 Å². The molecule has 0 aromatic heterocycles. The van der Waals surface area contributed by atoms with Gasteiger partial charge in [0.1, 0.15) is 6.04 Å². The van der Waals surface area contributed by atoms with Gasteiger partial charge in [-0.15, -0.1) is 0 Å². The summed E-state index contributed by atoms with van der Waals surface area (Å²) in [6.45, 7) is 7.68. The zero-order valence-corrected chi connectivity index (χ0v) is 14.5. The molecule has 0 spiro atoms. The number of aryl methyl sites for hydroxylation is 1. The molecule has 1 aliphatic heterocycles. The lowest BCUT2D eigenvalue weighted by atomic mass is 10.0. The molecule has 0 bridgehead atoms. The molecule has 130 valence electrons. The number of hydrogen-bond acceptors (Lipinski definition) is 3. The fourth-order valence-corrected chi connectivity index (χ4v) is 2.93. The maximum Gasteiger partial charge on any atom is 0.326 e. The van der Waals surface area contributed by atoms with Crippen LogP contribution < -0.4 is 10.2 Å². The van der Waals surface area contributed by atoms with Gasteiger partial charge in [-0.3, -0.25) is 9.59 Å². The Balaban J connectivity index is 2.13. The van der Waals surface area contributed by atoms with Crippen molar-refractivity contribution in [3.8, 4) is 0 Å². The molecule has 1 aromatic carbocycles. The highest BCUT2D eigenvalue weighted by Crippen LogP contribution is 2.29. The molecular weight excluding hydrogens is 308 g/mol. The highest BCUT2D eigenvalue weighted by Gasteiger charge is 2.37. The number of carbonyl (C=O) groups is 3. The number of carboxylic acid groups (broad SMARTS) is 1. The van der Waals surface area contributed by atoms with Gasteiger partial charge in [0.15, 0.2) is 0 Å². The van der Waals surface area contributed by atoms with Gasteiger partial charge in [-0.2, -0.15) is 0 Å². The number of anilines is 1. The van der Waals surface area contributed by atoms with Crippen LogP contribution in [-0.4, -0.2) is 35.5 Å². The summed E-state index contributed by atoms with van der Waals surface area (Å²) in [5.41, 5.74) is 2.91. The van der Waals surface area contributed by atoms with E-state index < -0.39 is 17.9 Å². The third kappa shape index (κ3) is 3.58. The molecule has 0 saturated carbocycles. The maximum absolute atomic E-state index is 12.4. The smallest absolute Gasteiger partial charge is 0.326 e. The fourth-order valence-electron chi connectivity index (χ4n) is 2.93. The molecule has 2 amide bonds. The molecule has 2 atom stereocenters. The van der Waals surface area contributed by atoms with E-state index in [9.17, 15) is 19.5 Å². The first-order chi connectivity index (χ1) is 11.2. The molecule has 2 unspecified atom stereocenters. The average molecular weight is 332 g/mol. The number of amides is 2. The van der Waals surface area contributed by atoms with Gasteiger partial charge in [-0.1, -0.05) is 26.0 Å². The second-order valence-electron chi connectivity index (χ2n) is 6.69. The van der Waals surface area contributed by atoms with Crippen molar-refractivity contribution in [3.05, 3.63) is 29.3 Å². The lowest BCUT2D eigenvalue weighted by Gasteiger charge is -2.22. The number of benzene rings is 1. The van der Waals surface area contributed by atoms with Crippen LogP contribution in [0.25, 0.3) is 0 Å². The predicted octanol–water partition coefficient (Wildman–Crippen LogP) is 1.88. The lowest BCUT2D eigenvalue weighted by Crippen LogP contribution is -2.47. The SMILES string of the molecule is Cc1cccc(N2CC(C(=O)NC(C(=O)O)C(C)C)CC2=O)c1C. The Morgan fingerprint density at radius 1 is 1.29 bits per heavy atom. The van der Waals surface area contributed by atoms with Gasteiger partial charge in [0, 0.05) is 18.7 Å². The molecule has 0 radical (unpaired) electrons. The molecular formula is C18H24N2O4. The Kier molecular flexibility index (Phi) is 5.26. The van der Waals surface area contributed by atoms with Gasteiger partial charge >= 0.3 is 5.97 Å². The van der Waals surface area contributed by atoms with E-state index in [1.54, 1.807) is 18.7 Å². The van der Waals surface area contributed by atoms with E-state index in [1.807, 2.05) is 32.0 Å². The van der Waals surface area contributed by atoms with Crippen molar-refractivity contribution in [1.82, 2.24) is 5.32 Å². The quantitative estimate of drug-likeness (QED) is 0.862. The fraction of sp³-hybridized carbons (Fsp3) is 0.500. The van der Waals surface area contributed by atoms with Crippen molar-refractivity contribution < 1.29 is 19.5 Å². The number of nitrogens with zero attached hydrogens (tertiary/aromatic N) is 1. The standard InChI is InChI=1S/C18H24N2O4/c1-10(2)16(18(23)24)19-17(22)13-8-15(21)20(9-13)14-7-5-6-11(3)12(14)4/h5-7,10,13,16H,8-9H2,1-4H3,(H,19,22)(H,23,24). The first-order valence-corrected chi connectivity index (χ1v) is 8.12. The Labute approximate surface area is 141 Å². The van der Waals surface area contributed by atoms with Gasteiger partial charge in [-0.25, -0.2) is 4.79 Å². The van der Waals surface area contributed by atoms with Crippen LogP contribution in [0.4, 0.5) is 5.69 Å². The summed E-state index contributed by atoms with van der Waals surface area (Å²) in [6.07, 6.45) is 0.101. The number of aliphatic carboxylic acids is 1. The van der Waals surface area contributed by atoms with Gasteiger partial charge < -0.3 is 15.3 Å². The topological polar surface area (TPSA) is 86.7 Å². The first kappa shape index (κ1) is 18.0. The van der Waals surface area contributed by atoms with Gasteiger partial charge in [0.2, 0.25) is 11.8 Å². The summed E-state index contributed by atoms with van der Waals surface area (Å²) in [4.78, 5) is 37.6. The first-order valence-electron chi connectivity index (χ1n) is 8.12. The van der Waals surface area contributed by atoms with Crippen LogP contribution in [0.1, 0.15) is 31.4 Å². The van der Waals surface area contributed by atoms with Crippen molar-refractivity contribution in [2.75, 3.05) is 11.4 Å². The zero-order valence-electron chi connectivity index (χ0n) is 14.5. The summed E-state index contributed by atoms with van der Waals surface area (Å²) >= 11 is 0. The molecule has 1 saturated heterocycles. The highest BCUT2D eigenvalue weighted by atomic mass is 16.4. The van der Waals surface area contributed by atoms with Gasteiger partial charge in [0.25, 0.3) is 0 Å². The summed E-state index contributed by atoms with van der Waals surface area (Å²) in [7, 11) is 0. The van der Waals surface area contributed by atoms with Crippen LogP contribution in [0, 0.1) is 25.7 Å². The highest BCUT2D eigenvalue weighted by molar-refractivity contribution is 6.01. The predicted molar refractivity (Wildman–Crippen MR) is 90.8 cm³/mol. The van der Waals surface area contributed by atoms with Gasteiger partial charge in [0.05, 0.1) is 5.92 Å². The van der Waals surface area contributed by atoms with E-state index in [0.717, 1.165) is 16.8 Å².